The summed E-state index contributed by atoms with van der Waals surface area (Å²) in [5.41, 5.74) is 3.51. The van der Waals surface area contributed by atoms with Crippen molar-refractivity contribution in [3.05, 3.63) is 76.9 Å². The van der Waals surface area contributed by atoms with Crippen LogP contribution in [-0.2, 0) is 6.42 Å². The zero-order valence-corrected chi connectivity index (χ0v) is 14.5. The van der Waals surface area contributed by atoms with Crippen LogP contribution in [0.5, 0.6) is 5.75 Å². The molecule has 0 unspecified atom stereocenters. The minimum atomic E-state index is -0.0636. The Balaban J connectivity index is 1.77. The van der Waals surface area contributed by atoms with E-state index in [9.17, 15) is 9.18 Å². The van der Waals surface area contributed by atoms with Crippen molar-refractivity contribution in [1.82, 2.24) is 0 Å². The predicted octanol–water partition coefficient (Wildman–Crippen LogP) is 5.08. The van der Waals surface area contributed by atoms with Crippen molar-refractivity contribution in [3.63, 3.8) is 0 Å². The third-order valence-electron chi connectivity index (χ3n) is 4.48. The fraction of sp³-hybridized carbons (Fsp3) is 0.238. The summed E-state index contributed by atoms with van der Waals surface area (Å²) in [6.45, 7) is 9.66. The van der Waals surface area contributed by atoms with E-state index in [4.69, 9.17) is 11.3 Å². The molecule has 132 valence electrons. The van der Waals surface area contributed by atoms with Gasteiger partial charge in [-0.05, 0) is 54.3 Å². The largest absolute Gasteiger partial charge is 0.489 e. The van der Waals surface area contributed by atoms with Gasteiger partial charge in [0.05, 0.1) is 12.9 Å². The van der Waals surface area contributed by atoms with Gasteiger partial charge in [0.25, 0.3) is 5.91 Å². The van der Waals surface area contributed by atoms with E-state index in [-0.39, 0.29) is 12.5 Å². The molecule has 1 amide bonds. The molecule has 4 nitrogen and oxygen atoms in total. The molecule has 2 aromatic carbocycles. The van der Waals surface area contributed by atoms with Gasteiger partial charge in [-0.1, -0.05) is 19.1 Å². The number of benzene rings is 2. The molecule has 1 aliphatic heterocycles. The summed E-state index contributed by atoms with van der Waals surface area (Å²) in [6.07, 6.45) is 1.89. The Kier molecular flexibility index (Phi) is 5.33. The van der Waals surface area contributed by atoms with Crippen molar-refractivity contribution >= 4 is 17.3 Å². The first kappa shape index (κ1) is 17.7. The highest BCUT2D eigenvalue weighted by atomic mass is 19.1. The molecule has 0 aliphatic carbocycles. The second kappa shape index (κ2) is 7.83. The first-order chi connectivity index (χ1) is 12.7. The van der Waals surface area contributed by atoms with Crippen LogP contribution < -0.4 is 9.64 Å². The van der Waals surface area contributed by atoms with Gasteiger partial charge in [-0.15, -0.1) is 0 Å². The highest BCUT2D eigenvalue weighted by molar-refractivity contribution is 6.08. The molecule has 1 heterocycles. The lowest BCUT2D eigenvalue weighted by Crippen LogP contribution is -2.37. The first-order valence-electron chi connectivity index (χ1n) is 8.49. The Morgan fingerprint density at radius 2 is 2.08 bits per heavy atom. The fourth-order valence-corrected chi connectivity index (χ4v) is 2.89. The van der Waals surface area contributed by atoms with Gasteiger partial charge in [0, 0.05) is 17.8 Å². The van der Waals surface area contributed by atoms with Gasteiger partial charge >= 0.3 is 0 Å². The highest BCUT2D eigenvalue weighted by Crippen LogP contribution is 2.28. The molecule has 5 heteroatoms. The first-order valence-corrected chi connectivity index (χ1v) is 8.49. The summed E-state index contributed by atoms with van der Waals surface area (Å²) in [7, 11) is 0. The molecular formula is C21H19FN2O2. The molecule has 0 radical (unpaired) electrons. The minimum Gasteiger partial charge on any atom is -0.489 e. The van der Waals surface area contributed by atoms with Crippen LogP contribution in [0.1, 0.15) is 29.3 Å². The van der Waals surface area contributed by atoms with E-state index in [2.05, 4.69) is 4.85 Å². The molecule has 26 heavy (non-hydrogen) atoms. The molecule has 0 aromatic heterocycles. The number of hydrogen-bond donors (Lipinski definition) is 0. The van der Waals surface area contributed by atoms with Crippen LogP contribution in [0, 0.1) is 6.57 Å². The number of nitrogens with zero attached hydrogens (tertiary/aromatic N) is 2. The van der Waals surface area contributed by atoms with E-state index in [1.807, 2.05) is 13.0 Å². The van der Waals surface area contributed by atoms with Gasteiger partial charge in [-0.2, -0.15) is 0 Å². The van der Waals surface area contributed by atoms with Crippen LogP contribution in [0.3, 0.4) is 0 Å². The zero-order chi connectivity index (χ0) is 18.5. The number of anilines is 1. The third-order valence-corrected chi connectivity index (χ3v) is 4.48. The minimum absolute atomic E-state index is 0.0636. The van der Waals surface area contributed by atoms with Gasteiger partial charge in [0.15, 0.2) is 5.69 Å². The number of hydrogen-bond acceptors (Lipinski definition) is 2. The second-order valence-electron chi connectivity index (χ2n) is 6.06. The predicted molar refractivity (Wildman–Crippen MR) is 99.5 cm³/mol. The zero-order valence-electron chi connectivity index (χ0n) is 14.5. The molecule has 0 bridgehead atoms. The average Bonchev–Trinajstić information content (AvgIpc) is 2.69. The van der Waals surface area contributed by atoms with E-state index in [0.29, 0.717) is 48.3 Å². The monoisotopic (exact) mass is 350 g/mol. The van der Waals surface area contributed by atoms with Crippen LogP contribution in [-0.4, -0.2) is 19.1 Å². The second-order valence-corrected chi connectivity index (χ2v) is 6.06. The highest BCUT2D eigenvalue weighted by Gasteiger charge is 2.25. The van der Waals surface area contributed by atoms with Crippen molar-refractivity contribution in [1.29, 1.82) is 0 Å². The lowest BCUT2D eigenvalue weighted by atomic mass is 9.98. The van der Waals surface area contributed by atoms with Gasteiger partial charge in [0.1, 0.15) is 12.4 Å². The van der Waals surface area contributed by atoms with Crippen LogP contribution in [0.15, 0.2) is 54.4 Å². The normalized spacial score (nSPS) is 14.0. The Morgan fingerprint density at radius 3 is 2.73 bits per heavy atom. The van der Waals surface area contributed by atoms with Crippen LogP contribution in [0.25, 0.3) is 4.85 Å². The quantitative estimate of drug-likeness (QED) is 0.705. The van der Waals surface area contributed by atoms with Crippen LogP contribution in [0.4, 0.5) is 15.8 Å². The number of fused-ring (bicyclic) bond motifs is 1. The molecule has 0 N–H and O–H groups in total. The lowest BCUT2D eigenvalue weighted by Gasteiger charge is -2.29. The standard InChI is InChI=1S/C21H19FN2O2/c1-3-15(13-22)14-26-19-8-9-20-16(12-19)10-11-24(21(20)25)18-6-4-17(23-2)5-7-18/h4-9,12-13H,3,10-11,14H2,1H3/b15-13+. The van der Waals surface area contributed by atoms with Crippen LogP contribution >= 0.6 is 0 Å². The maximum absolute atomic E-state index is 12.8. The van der Waals surface area contributed by atoms with E-state index >= 15 is 0 Å². The summed E-state index contributed by atoms with van der Waals surface area (Å²) < 4.78 is 18.3. The number of amides is 1. The molecular weight excluding hydrogens is 331 g/mol. The Morgan fingerprint density at radius 1 is 1.31 bits per heavy atom. The summed E-state index contributed by atoms with van der Waals surface area (Å²) in [6, 6.07) is 12.4. The third kappa shape index (κ3) is 3.60. The smallest absolute Gasteiger partial charge is 0.258 e. The number of ether oxygens (including phenoxy) is 1. The summed E-state index contributed by atoms with van der Waals surface area (Å²) in [5, 5.41) is 0. The molecule has 0 atom stereocenters. The van der Waals surface area contributed by atoms with Crippen molar-refractivity contribution < 1.29 is 13.9 Å². The van der Waals surface area contributed by atoms with Crippen molar-refractivity contribution in [3.8, 4) is 5.75 Å². The van der Waals surface area contributed by atoms with Gasteiger partial charge < -0.3 is 9.64 Å². The van der Waals surface area contributed by atoms with Crippen molar-refractivity contribution in [2.75, 3.05) is 18.1 Å². The SMILES string of the molecule is [C-]#[N+]c1ccc(N2CCc3cc(OC/C(=C/F)CC)ccc3C2=O)cc1. The molecule has 0 saturated carbocycles. The summed E-state index contributed by atoms with van der Waals surface area (Å²) in [5.74, 6) is 0.575. The van der Waals surface area contributed by atoms with E-state index in [0.717, 1.165) is 11.3 Å². The van der Waals surface area contributed by atoms with Gasteiger partial charge in [0.2, 0.25) is 0 Å². The van der Waals surface area contributed by atoms with Crippen molar-refractivity contribution in [2.45, 2.75) is 19.8 Å². The molecule has 2 aromatic rings. The maximum atomic E-state index is 12.8. The van der Waals surface area contributed by atoms with E-state index < -0.39 is 0 Å². The number of carbonyl (C=O) groups is 1. The number of halogens is 1. The lowest BCUT2D eigenvalue weighted by molar-refractivity contribution is 0.0980. The molecule has 3 rings (SSSR count). The van der Waals surface area contributed by atoms with E-state index in [1.165, 1.54) is 0 Å². The van der Waals surface area contributed by atoms with Crippen molar-refractivity contribution in [2.24, 2.45) is 0 Å². The Labute approximate surface area is 152 Å². The van der Waals surface area contributed by atoms with Crippen LogP contribution in [0.2, 0.25) is 0 Å². The summed E-state index contributed by atoms with van der Waals surface area (Å²) in [4.78, 5) is 17.9. The number of rotatable bonds is 5. The molecule has 0 spiro atoms. The molecule has 0 fully saturated rings. The average molecular weight is 350 g/mol. The summed E-state index contributed by atoms with van der Waals surface area (Å²) >= 11 is 0. The topological polar surface area (TPSA) is 33.9 Å². The Hall–Kier alpha value is -3.13. The molecule has 0 saturated heterocycles. The number of carbonyl (C=O) groups excluding carboxylic acids is 1. The molecule has 1 aliphatic rings. The van der Waals surface area contributed by atoms with Gasteiger partial charge in [-0.25, -0.2) is 9.24 Å². The maximum Gasteiger partial charge on any atom is 0.258 e. The van der Waals surface area contributed by atoms with Gasteiger partial charge in [-0.3, -0.25) is 4.79 Å². The Bertz CT molecular complexity index is 882. The van der Waals surface area contributed by atoms with E-state index in [1.54, 1.807) is 41.3 Å². The fourth-order valence-electron chi connectivity index (χ4n) is 2.89.